The van der Waals surface area contributed by atoms with Gasteiger partial charge in [-0.1, -0.05) is 57.5 Å². The summed E-state index contributed by atoms with van der Waals surface area (Å²) in [6.07, 6.45) is 3.70. The number of hydrogen-bond donors (Lipinski definition) is 1. The molecule has 1 aromatic carbocycles. The van der Waals surface area contributed by atoms with Crippen molar-refractivity contribution in [2.75, 3.05) is 13.7 Å². The molecule has 4 aliphatic rings. The minimum atomic E-state index is -1.26. The van der Waals surface area contributed by atoms with Crippen molar-refractivity contribution in [1.29, 1.82) is 0 Å². The van der Waals surface area contributed by atoms with Crippen molar-refractivity contribution in [3.8, 4) is 22.9 Å². The first-order chi connectivity index (χ1) is 26.0. The normalized spacial score (nSPS) is 27.5. The highest BCUT2D eigenvalue weighted by Crippen LogP contribution is 2.57. The lowest BCUT2D eigenvalue weighted by Gasteiger charge is -2.35. The number of carbonyl (C=O) groups excluding carboxylic acids is 3. The van der Waals surface area contributed by atoms with Crippen molar-refractivity contribution < 1.29 is 43.0 Å². The molecule has 1 saturated heterocycles. The van der Waals surface area contributed by atoms with Crippen LogP contribution in [-0.2, 0) is 23.9 Å². The van der Waals surface area contributed by atoms with Gasteiger partial charge in [-0.2, -0.15) is 0 Å². The fourth-order valence-corrected chi connectivity index (χ4v) is 8.89. The summed E-state index contributed by atoms with van der Waals surface area (Å²) in [6.45, 7) is 13.5. The molecule has 1 amide bonds. The van der Waals surface area contributed by atoms with E-state index < -0.39 is 40.8 Å². The molecule has 1 aliphatic heterocycles. The third-order valence-corrected chi connectivity index (χ3v) is 12.5. The van der Waals surface area contributed by atoms with Crippen LogP contribution in [0.2, 0.25) is 5.02 Å². The van der Waals surface area contributed by atoms with Gasteiger partial charge in [0.05, 0.1) is 48.7 Å². The lowest BCUT2D eigenvalue weighted by Crippen LogP contribution is -2.48. The average molecular weight is 776 g/mol. The lowest BCUT2D eigenvalue weighted by atomic mass is 9.77. The number of aromatic nitrogens is 2. The fourth-order valence-electron chi connectivity index (χ4n) is 8.60. The zero-order valence-electron chi connectivity index (χ0n) is 32.3. The fraction of sp³-hybridized carbons (Fsp3) is 0.571. The lowest BCUT2D eigenvalue weighted by molar-refractivity contribution is -0.157. The quantitative estimate of drug-likeness (QED) is 0.127. The minimum Gasteiger partial charge on any atom is -0.495 e. The molecule has 4 fully saturated rings. The first-order valence-electron chi connectivity index (χ1n) is 19.2. The Bertz CT molecular complexity index is 2030. The predicted octanol–water partition coefficient (Wildman–Crippen LogP) is 7.65. The van der Waals surface area contributed by atoms with Crippen LogP contribution in [0.1, 0.15) is 91.2 Å². The number of hydrogen-bond acceptors (Lipinski definition) is 10. The summed E-state index contributed by atoms with van der Waals surface area (Å²) in [5, 5.41) is 15.3. The van der Waals surface area contributed by atoms with Gasteiger partial charge in [-0.15, -0.1) is 6.58 Å². The topological polar surface area (TPSA) is 158 Å². The van der Waals surface area contributed by atoms with Gasteiger partial charge in [0.2, 0.25) is 5.91 Å². The highest BCUT2D eigenvalue weighted by atomic mass is 35.5. The highest BCUT2D eigenvalue weighted by Gasteiger charge is 2.61. The number of fused-ring (bicyclic) bond motifs is 2. The SMILES string of the molecule is C=C[C@@H]1C[C@]1(CC(=O)[C@@H]1C[C@@H](Oc2cc(-c3cc(C(C)C)on3)nc3c(Cl)c(OC)ccc23)CN1C(=O)[C@@H](CC(=O)OC1C[C@@H]2C[C@@H]2C1)C(C)(C)C)C(=O)O. The summed E-state index contributed by atoms with van der Waals surface area (Å²) >= 11 is 6.80. The third-order valence-electron chi connectivity index (χ3n) is 12.2. The Hall–Kier alpha value is -4.45. The van der Waals surface area contributed by atoms with Gasteiger partial charge in [-0.25, -0.2) is 4.98 Å². The first kappa shape index (κ1) is 38.8. The van der Waals surface area contributed by atoms with E-state index in [9.17, 15) is 24.3 Å². The van der Waals surface area contributed by atoms with Crippen LogP contribution in [-0.4, -0.2) is 75.7 Å². The van der Waals surface area contributed by atoms with Gasteiger partial charge < -0.3 is 28.7 Å². The van der Waals surface area contributed by atoms with Crippen molar-refractivity contribution in [3.05, 3.63) is 47.7 Å². The molecule has 7 rings (SSSR count). The van der Waals surface area contributed by atoms with Crippen LogP contribution in [0.15, 0.2) is 41.4 Å². The second kappa shape index (κ2) is 14.6. The zero-order chi connectivity index (χ0) is 39.6. The maximum Gasteiger partial charge on any atom is 0.310 e. The van der Waals surface area contributed by atoms with Gasteiger partial charge in [0.15, 0.2) is 5.78 Å². The van der Waals surface area contributed by atoms with Crippen LogP contribution in [0.25, 0.3) is 22.3 Å². The molecule has 2 aromatic heterocycles. The molecule has 13 heteroatoms. The number of carboxylic acids is 1. The number of allylic oxidation sites excluding steroid dienone is 1. The van der Waals surface area contributed by atoms with Crippen molar-refractivity contribution >= 4 is 46.1 Å². The number of ketones is 1. The van der Waals surface area contributed by atoms with E-state index in [0.717, 1.165) is 12.8 Å². The van der Waals surface area contributed by atoms with Crippen LogP contribution in [0, 0.1) is 34.5 Å². The van der Waals surface area contributed by atoms with E-state index in [4.69, 9.17) is 35.3 Å². The second-order valence-electron chi connectivity index (χ2n) is 17.3. The highest BCUT2D eigenvalue weighted by molar-refractivity contribution is 6.36. The van der Waals surface area contributed by atoms with Crippen molar-refractivity contribution in [3.63, 3.8) is 0 Å². The van der Waals surface area contributed by atoms with Crippen molar-refractivity contribution in [2.24, 2.45) is 34.5 Å². The van der Waals surface area contributed by atoms with Crippen LogP contribution in [0.4, 0.5) is 0 Å². The number of aliphatic carboxylic acids is 1. The van der Waals surface area contributed by atoms with Gasteiger partial charge in [0, 0.05) is 36.3 Å². The van der Waals surface area contributed by atoms with Gasteiger partial charge in [0.25, 0.3) is 0 Å². The average Bonchev–Trinajstić information content (AvgIpc) is 3.77. The van der Waals surface area contributed by atoms with E-state index in [1.165, 1.54) is 18.4 Å². The van der Waals surface area contributed by atoms with Gasteiger partial charge >= 0.3 is 11.9 Å². The first-order valence-corrected chi connectivity index (χ1v) is 19.6. The summed E-state index contributed by atoms with van der Waals surface area (Å²) in [7, 11) is 1.51. The Morgan fingerprint density at radius 2 is 1.80 bits per heavy atom. The number of esters is 1. The maximum atomic E-state index is 14.7. The van der Waals surface area contributed by atoms with E-state index >= 15 is 0 Å². The Labute approximate surface area is 325 Å². The molecule has 12 nitrogen and oxygen atoms in total. The number of nitrogens with zero attached hydrogens (tertiary/aromatic N) is 3. The number of ether oxygens (including phenoxy) is 3. The largest absolute Gasteiger partial charge is 0.495 e. The van der Waals surface area contributed by atoms with Gasteiger partial charge in [-0.05, 0) is 61.0 Å². The number of likely N-dealkylation sites (tertiary alicyclic amines) is 1. The minimum absolute atomic E-state index is 0.0261. The molecule has 3 saturated carbocycles. The molecule has 0 bridgehead atoms. The summed E-state index contributed by atoms with van der Waals surface area (Å²) in [5.74, 6) is -0.556. The molecule has 3 heterocycles. The number of carboxylic acid groups (broad SMARTS) is 1. The van der Waals surface area contributed by atoms with E-state index in [1.54, 1.807) is 30.3 Å². The molecule has 1 N–H and O–H groups in total. The van der Waals surface area contributed by atoms with Gasteiger partial charge in [0.1, 0.15) is 40.2 Å². The molecular formula is C42H50ClN3O9. The third kappa shape index (κ3) is 7.58. The van der Waals surface area contributed by atoms with E-state index in [2.05, 4.69) is 11.7 Å². The molecular weight excluding hydrogens is 726 g/mol. The van der Waals surface area contributed by atoms with Crippen LogP contribution < -0.4 is 9.47 Å². The van der Waals surface area contributed by atoms with Crippen molar-refractivity contribution in [2.45, 2.75) is 104 Å². The number of carbonyl (C=O) groups is 4. The number of methoxy groups -OCH3 is 1. The second-order valence-corrected chi connectivity index (χ2v) is 17.7. The summed E-state index contributed by atoms with van der Waals surface area (Å²) < 4.78 is 23.6. The molecule has 3 aliphatic carbocycles. The van der Waals surface area contributed by atoms with E-state index in [0.29, 0.717) is 57.8 Å². The Morgan fingerprint density at radius 3 is 2.40 bits per heavy atom. The monoisotopic (exact) mass is 775 g/mol. The molecule has 8 atom stereocenters. The Balaban J connectivity index is 1.21. The van der Waals surface area contributed by atoms with Crippen LogP contribution in [0.5, 0.6) is 11.5 Å². The Morgan fingerprint density at radius 1 is 1.07 bits per heavy atom. The van der Waals surface area contributed by atoms with Crippen LogP contribution in [0.3, 0.4) is 0 Å². The van der Waals surface area contributed by atoms with Gasteiger partial charge in [-0.3, -0.25) is 19.2 Å². The molecule has 0 spiro atoms. The Kier molecular flexibility index (Phi) is 10.3. The zero-order valence-corrected chi connectivity index (χ0v) is 33.1. The molecule has 1 unspecified atom stereocenters. The molecule has 294 valence electrons. The smallest absolute Gasteiger partial charge is 0.310 e. The number of rotatable bonds is 14. The summed E-state index contributed by atoms with van der Waals surface area (Å²) in [4.78, 5) is 61.1. The van der Waals surface area contributed by atoms with Crippen molar-refractivity contribution in [1.82, 2.24) is 15.0 Å². The number of Topliss-reactive ketones (excluding diaryl/α,β-unsaturated/α-hetero) is 1. The summed E-state index contributed by atoms with van der Waals surface area (Å²) in [6, 6.07) is 6.04. The number of halogens is 1. The number of amides is 1. The molecule has 55 heavy (non-hydrogen) atoms. The number of benzene rings is 1. The summed E-state index contributed by atoms with van der Waals surface area (Å²) in [5.41, 5.74) is -0.614. The number of pyridine rings is 1. The maximum absolute atomic E-state index is 14.7. The molecule has 0 radical (unpaired) electrons. The predicted molar refractivity (Wildman–Crippen MR) is 204 cm³/mol. The molecule has 3 aromatic rings. The van der Waals surface area contributed by atoms with E-state index in [1.807, 2.05) is 34.6 Å². The van der Waals surface area contributed by atoms with Crippen LogP contribution >= 0.6 is 11.6 Å². The standard InChI is InChI=1S/C42H50ClN3O9/c1-8-24-18-42(24,40(50)51)19-32(47)31-14-26(20-46(31)39(49)28(41(4,5)6)15-36(48)54-25-12-22-11-23(22)13-25)53-35-16-29(30-17-34(21(2)3)55-45-30)44-38-27(35)9-10-33(52-7)37(38)43/h8-10,16-17,21-26,28,31H,1,11-15,18-20H2,2-7H3,(H,50,51)/t22-,23+,24-,25?,26-,28-,31+,42-/m1/s1. The van der Waals surface area contributed by atoms with E-state index in [-0.39, 0.29) is 60.5 Å².